The van der Waals surface area contributed by atoms with E-state index in [1.165, 1.54) is 0 Å². The zero-order valence-corrected chi connectivity index (χ0v) is 17.1. The number of methoxy groups -OCH3 is 1. The summed E-state index contributed by atoms with van der Waals surface area (Å²) in [6.45, 7) is 4.74. The molecule has 1 heterocycles. The lowest BCUT2D eigenvalue weighted by atomic mass is 10.3. The van der Waals surface area contributed by atoms with E-state index in [1.54, 1.807) is 21.1 Å². The highest BCUT2D eigenvalue weighted by molar-refractivity contribution is 14.0. The second kappa shape index (κ2) is 10.7. The quantitative estimate of drug-likeness (QED) is 0.371. The van der Waals surface area contributed by atoms with E-state index in [9.17, 15) is 0 Å². The Morgan fingerprint density at radius 2 is 2.08 bits per heavy atom. The van der Waals surface area contributed by atoms with Crippen molar-refractivity contribution >= 4 is 29.9 Å². The maximum Gasteiger partial charge on any atom is 0.223 e. The highest BCUT2D eigenvalue weighted by Crippen LogP contribution is 2.19. The fraction of sp³-hybridized carbons (Fsp3) is 0.438. The average Bonchev–Trinajstić information content (AvgIpc) is 3.00. The van der Waals surface area contributed by atoms with Gasteiger partial charge in [-0.25, -0.2) is 0 Å². The third-order valence-electron chi connectivity index (χ3n) is 3.14. The van der Waals surface area contributed by atoms with Crippen molar-refractivity contribution in [2.24, 2.45) is 4.99 Å². The van der Waals surface area contributed by atoms with E-state index in [4.69, 9.17) is 14.0 Å². The number of nitrogens with one attached hydrogen (secondary N) is 2. The molecule has 1 unspecified atom stereocenters. The molecule has 138 valence electrons. The van der Waals surface area contributed by atoms with Crippen LogP contribution in [-0.4, -0.2) is 42.9 Å². The van der Waals surface area contributed by atoms with E-state index in [1.807, 2.05) is 31.2 Å². The van der Waals surface area contributed by atoms with E-state index in [-0.39, 0.29) is 30.1 Å². The van der Waals surface area contributed by atoms with Gasteiger partial charge in [0.25, 0.3) is 0 Å². The first-order chi connectivity index (χ1) is 11.6. The molecule has 2 aromatic rings. The summed E-state index contributed by atoms with van der Waals surface area (Å²) in [6.07, 6.45) is -0.0527. The molecule has 0 spiro atoms. The van der Waals surface area contributed by atoms with Gasteiger partial charge in [-0.15, -0.1) is 24.0 Å². The Morgan fingerprint density at radius 3 is 2.72 bits per heavy atom. The van der Waals surface area contributed by atoms with Gasteiger partial charge < -0.3 is 24.6 Å². The predicted octanol–water partition coefficient (Wildman–Crippen LogP) is 2.14. The molecule has 1 aromatic carbocycles. The summed E-state index contributed by atoms with van der Waals surface area (Å²) < 4.78 is 16.0. The molecule has 1 atom stereocenters. The van der Waals surface area contributed by atoms with Crippen LogP contribution >= 0.6 is 24.0 Å². The molecule has 9 heteroatoms. The lowest BCUT2D eigenvalue weighted by molar-refractivity contribution is 0.223. The van der Waals surface area contributed by atoms with Crippen LogP contribution < -0.4 is 20.1 Å². The number of halogens is 1. The van der Waals surface area contributed by atoms with Gasteiger partial charge in [0, 0.05) is 20.0 Å². The zero-order chi connectivity index (χ0) is 17.4. The van der Waals surface area contributed by atoms with Crippen LogP contribution in [0, 0.1) is 6.92 Å². The Bertz CT molecular complexity index is 677. The van der Waals surface area contributed by atoms with Gasteiger partial charge in [-0.3, -0.25) is 4.99 Å². The molecule has 0 aliphatic heterocycles. The van der Waals surface area contributed by atoms with Crippen LogP contribution in [0.15, 0.2) is 33.8 Å². The summed E-state index contributed by atoms with van der Waals surface area (Å²) in [5, 5.41) is 10.1. The van der Waals surface area contributed by atoms with Crippen molar-refractivity contribution in [1.82, 2.24) is 20.8 Å². The first kappa shape index (κ1) is 21.0. The number of aromatic nitrogens is 2. The zero-order valence-electron chi connectivity index (χ0n) is 14.8. The molecule has 0 fully saturated rings. The number of nitrogens with zero attached hydrogens (tertiary/aromatic N) is 3. The minimum atomic E-state index is -0.0527. The van der Waals surface area contributed by atoms with Crippen LogP contribution in [0.25, 0.3) is 0 Å². The van der Waals surface area contributed by atoms with Crippen molar-refractivity contribution in [2.75, 3.05) is 20.7 Å². The van der Waals surface area contributed by atoms with Crippen molar-refractivity contribution in [3.8, 4) is 11.5 Å². The molecule has 0 amide bonds. The molecule has 0 radical (unpaired) electrons. The van der Waals surface area contributed by atoms with Crippen LogP contribution in [0.1, 0.15) is 18.6 Å². The van der Waals surface area contributed by atoms with Crippen LogP contribution in [-0.2, 0) is 6.54 Å². The van der Waals surface area contributed by atoms with Gasteiger partial charge in [-0.2, -0.15) is 4.98 Å². The SMILES string of the molecule is CN=C(NCc1noc(C)n1)NCC(C)Oc1cccc(OC)c1.I. The van der Waals surface area contributed by atoms with Gasteiger partial charge in [0.2, 0.25) is 5.89 Å². The summed E-state index contributed by atoms with van der Waals surface area (Å²) in [4.78, 5) is 8.27. The third-order valence-corrected chi connectivity index (χ3v) is 3.14. The number of hydrogen-bond donors (Lipinski definition) is 2. The van der Waals surface area contributed by atoms with E-state index in [0.29, 0.717) is 30.8 Å². The maximum absolute atomic E-state index is 5.85. The molecule has 0 saturated carbocycles. The Balaban J connectivity index is 0.00000312. The topological polar surface area (TPSA) is 93.8 Å². The standard InChI is InChI=1S/C16H23N5O3.HI/c1-11(23-14-7-5-6-13(8-14)22-4)9-18-16(17-3)19-10-15-20-12(2)24-21-15;/h5-8,11H,9-10H2,1-4H3,(H2,17,18,19);1H. The number of guanidine groups is 1. The van der Waals surface area contributed by atoms with Crippen LogP contribution in [0.4, 0.5) is 0 Å². The molecule has 2 rings (SSSR count). The van der Waals surface area contributed by atoms with Crippen molar-refractivity contribution in [3.63, 3.8) is 0 Å². The summed E-state index contributed by atoms with van der Waals surface area (Å²) in [5.41, 5.74) is 0. The second-order valence-corrected chi connectivity index (χ2v) is 5.14. The monoisotopic (exact) mass is 461 g/mol. The van der Waals surface area contributed by atoms with Gasteiger partial charge in [-0.1, -0.05) is 11.2 Å². The van der Waals surface area contributed by atoms with Crippen molar-refractivity contribution in [2.45, 2.75) is 26.5 Å². The number of aliphatic imine (C=N–C) groups is 1. The number of hydrogen-bond acceptors (Lipinski definition) is 6. The largest absolute Gasteiger partial charge is 0.497 e. The lowest BCUT2D eigenvalue weighted by Gasteiger charge is -2.17. The molecule has 2 N–H and O–H groups in total. The fourth-order valence-corrected chi connectivity index (χ4v) is 1.99. The van der Waals surface area contributed by atoms with Gasteiger partial charge in [0.15, 0.2) is 11.8 Å². The summed E-state index contributed by atoms with van der Waals surface area (Å²) in [7, 11) is 3.33. The molecule has 0 aliphatic rings. The Kier molecular flexibility index (Phi) is 9.03. The van der Waals surface area contributed by atoms with Gasteiger partial charge in [0.1, 0.15) is 17.6 Å². The Hall–Kier alpha value is -2.04. The second-order valence-electron chi connectivity index (χ2n) is 5.14. The normalized spacial score (nSPS) is 12.1. The molecular weight excluding hydrogens is 437 g/mol. The van der Waals surface area contributed by atoms with Crippen LogP contribution in [0.3, 0.4) is 0 Å². The maximum atomic E-state index is 5.85. The number of ether oxygens (including phenoxy) is 2. The minimum Gasteiger partial charge on any atom is -0.497 e. The average molecular weight is 461 g/mol. The van der Waals surface area contributed by atoms with E-state index < -0.39 is 0 Å². The number of benzene rings is 1. The van der Waals surface area contributed by atoms with Crippen LogP contribution in [0.2, 0.25) is 0 Å². The summed E-state index contributed by atoms with van der Waals surface area (Å²) in [6, 6.07) is 7.51. The van der Waals surface area contributed by atoms with Crippen molar-refractivity contribution in [3.05, 3.63) is 36.0 Å². The molecular formula is C16H24IN5O3. The van der Waals surface area contributed by atoms with E-state index >= 15 is 0 Å². The Morgan fingerprint density at radius 1 is 1.32 bits per heavy atom. The number of aryl methyl sites for hydroxylation is 1. The molecule has 0 aliphatic carbocycles. The highest BCUT2D eigenvalue weighted by atomic mass is 127. The minimum absolute atomic E-state index is 0. The first-order valence-corrected chi connectivity index (χ1v) is 7.65. The Labute approximate surface area is 164 Å². The predicted molar refractivity (Wildman–Crippen MR) is 106 cm³/mol. The third kappa shape index (κ3) is 7.16. The van der Waals surface area contributed by atoms with Crippen molar-refractivity contribution < 1.29 is 14.0 Å². The van der Waals surface area contributed by atoms with Crippen molar-refractivity contribution in [1.29, 1.82) is 0 Å². The smallest absolute Gasteiger partial charge is 0.223 e. The lowest BCUT2D eigenvalue weighted by Crippen LogP contribution is -2.41. The van der Waals surface area contributed by atoms with E-state index in [2.05, 4.69) is 25.8 Å². The molecule has 0 bridgehead atoms. The first-order valence-electron chi connectivity index (χ1n) is 7.65. The van der Waals surface area contributed by atoms with E-state index in [0.717, 1.165) is 11.5 Å². The molecule has 25 heavy (non-hydrogen) atoms. The van der Waals surface area contributed by atoms with Gasteiger partial charge in [-0.05, 0) is 19.1 Å². The fourth-order valence-electron chi connectivity index (χ4n) is 1.99. The van der Waals surface area contributed by atoms with Gasteiger partial charge in [0.05, 0.1) is 20.2 Å². The van der Waals surface area contributed by atoms with Gasteiger partial charge >= 0.3 is 0 Å². The van der Waals surface area contributed by atoms with Crippen LogP contribution in [0.5, 0.6) is 11.5 Å². The molecule has 1 aromatic heterocycles. The summed E-state index contributed by atoms with van der Waals surface area (Å²) in [5.74, 6) is 3.28. The highest BCUT2D eigenvalue weighted by Gasteiger charge is 2.08. The molecule has 8 nitrogen and oxygen atoms in total. The number of rotatable bonds is 7. The summed E-state index contributed by atoms with van der Waals surface area (Å²) >= 11 is 0. The molecule has 0 saturated heterocycles.